The van der Waals surface area contributed by atoms with E-state index < -0.39 is 32.5 Å². The summed E-state index contributed by atoms with van der Waals surface area (Å²) in [6.07, 6.45) is -4.81. The van der Waals surface area contributed by atoms with Crippen molar-refractivity contribution in [2.24, 2.45) is 0 Å². The third-order valence-electron chi connectivity index (χ3n) is 5.19. The minimum Gasteiger partial charge on any atom is -0.406 e. The zero-order chi connectivity index (χ0) is 24.9. The second-order valence-electron chi connectivity index (χ2n) is 8.19. The van der Waals surface area contributed by atoms with Gasteiger partial charge in [0.25, 0.3) is 10.0 Å². The lowest BCUT2D eigenvalue weighted by atomic mass is 9.87. The Kier molecular flexibility index (Phi) is 6.15. The van der Waals surface area contributed by atoms with Crippen LogP contribution in [0, 0.1) is 5.82 Å². The van der Waals surface area contributed by atoms with E-state index in [1.807, 2.05) is 18.7 Å². The molecular weight excluding hydrogens is 520 g/mol. The highest BCUT2D eigenvalue weighted by Gasteiger charge is 2.37. The van der Waals surface area contributed by atoms with Gasteiger partial charge in [-0.2, -0.15) is 0 Å². The fourth-order valence-corrected chi connectivity index (χ4v) is 5.88. The maximum atomic E-state index is 14.8. The van der Waals surface area contributed by atoms with E-state index in [2.05, 4.69) is 19.7 Å². The van der Waals surface area contributed by atoms with E-state index in [1.165, 1.54) is 23.7 Å². The van der Waals surface area contributed by atoms with Crippen LogP contribution in [-0.4, -0.2) is 31.5 Å². The number of rotatable bonds is 6. The highest BCUT2D eigenvalue weighted by atomic mass is 35.5. The molecule has 4 rings (SSSR count). The van der Waals surface area contributed by atoms with E-state index in [0.29, 0.717) is 23.4 Å². The maximum absolute atomic E-state index is 14.8. The first-order chi connectivity index (χ1) is 15.7. The minimum absolute atomic E-state index is 0.0160. The fourth-order valence-electron chi connectivity index (χ4n) is 3.81. The Hall–Kier alpha value is -2.64. The average molecular weight is 537 g/mol. The fraction of sp³-hybridized carbons (Fsp3) is 0.300. The van der Waals surface area contributed by atoms with Crippen molar-refractivity contribution in [3.05, 3.63) is 57.8 Å². The van der Waals surface area contributed by atoms with Gasteiger partial charge in [0.1, 0.15) is 22.0 Å². The number of aromatic nitrogens is 2. The van der Waals surface area contributed by atoms with Gasteiger partial charge in [-0.15, -0.1) is 23.4 Å². The Morgan fingerprint density at radius 2 is 2.00 bits per heavy atom. The van der Waals surface area contributed by atoms with E-state index in [4.69, 9.17) is 11.6 Å². The molecule has 0 saturated heterocycles. The van der Waals surface area contributed by atoms with Crippen molar-refractivity contribution in [2.45, 2.75) is 37.1 Å². The molecule has 1 aliphatic heterocycles. The molecule has 2 aromatic carbocycles. The zero-order valence-electron chi connectivity index (χ0n) is 17.7. The SMILES string of the molecule is CC1(C)CN(Cc2cc(F)c(S(=O)(=O)Nc3nncs3)cc2Cl)c2ccc(OC(F)(F)F)cc21. The molecule has 0 amide bonds. The van der Waals surface area contributed by atoms with Crippen molar-refractivity contribution in [1.29, 1.82) is 0 Å². The summed E-state index contributed by atoms with van der Waals surface area (Å²) in [6, 6.07) is 6.08. The molecule has 14 heteroatoms. The molecule has 0 bridgehead atoms. The largest absolute Gasteiger partial charge is 0.573 e. The number of hydrogen-bond donors (Lipinski definition) is 1. The summed E-state index contributed by atoms with van der Waals surface area (Å²) < 4.78 is 83.9. The number of benzene rings is 2. The molecule has 7 nitrogen and oxygen atoms in total. The van der Waals surface area contributed by atoms with Gasteiger partial charge >= 0.3 is 6.36 Å². The summed E-state index contributed by atoms with van der Waals surface area (Å²) in [6.45, 7) is 4.24. The Balaban J connectivity index is 1.61. The summed E-state index contributed by atoms with van der Waals surface area (Å²) in [5, 5.41) is 7.08. The lowest BCUT2D eigenvalue weighted by Crippen LogP contribution is -2.28. The van der Waals surface area contributed by atoms with Gasteiger partial charge in [0.05, 0.1) is 0 Å². The quantitative estimate of drug-likeness (QED) is 0.429. The van der Waals surface area contributed by atoms with Gasteiger partial charge in [-0.1, -0.05) is 36.8 Å². The topological polar surface area (TPSA) is 84.4 Å². The molecule has 3 aromatic rings. The third kappa shape index (κ3) is 5.05. The number of ether oxygens (including phenoxy) is 1. The van der Waals surface area contributed by atoms with Gasteiger partial charge in [-0.25, -0.2) is 12.8 Å². The smallest absolute Gasteiger partial charge is 0.406 e. The Morgan fingerprint density at radius 1 is 1.26 bits per heavy atom. The van der Waals surface area contributed by atoms with Gasteiger partial charge in [0, 0.05) is 29.2 Å². The van der Waals surface area contributed by atoms with Gasteiger partial charge in [0.2, 0.25) is 5.13 Å². The first-order valence-electron chi connectivity index (χ1n) is 9.67. The first kappa shape index (κ1) is 24.5. The number of sulfonamides is 1. The molecule has 0 saturated carbocycles. The maximum Gasteiger partial charge on any atom is 0.573 e. The molecule has 1 aromatic heterocycles. The lowest BCUT2D eigenvalue weighted by Gasteiger charge is -2.23. The van der Waals surface area contributed by atoms with Crippen LogP contribution < -0.4 is 14.4 Å². The second-order valence-corrected chi connectivity index (χ2v) is 11.1. The highest BCUT2D eigenvalue weighted by Crippen LogP contribution is 2.44. The van der Waals surface area contributed by atoms with Crippen LogP contribution in [0.25, 0.3) is 0 Å². The van der Waals surface area contributed by atoms with Crippen molar-refractivity contribution in [1.82, 2.24) is 10.2 Å². The monoisotopic (exact) mass is 536 g/mol. The summed E-state index contributed by atoms with van der Waals surface area (Å²) in [4.78, 5) is 1.19. The molecular formula is C20H17ClF4N4O3S2. The van der Waals surface area contributed by atoms with E-state index in [1.54, 1.807) is 0 Å². The zero-order valence-corrected chi connectivity index (χ0v) is 20.0. The van der Waals surface area contributed by atoms with E-state index >= 15 is 0 Å². The molecule has 0 aliphatic carbocycles. The Bertz CT molecular complexity index is 1330. The Labute approximate surface area is 201 Å². The number of alkyl halides is 3. The normalized spacial score (nSPS) is 15.3. The number of anilines is 2. The molecule has 34 heavy (non-hydrogen) atoms. The summed E-state index contributed by atoms with van der Waals surface area (Å²) in [5.74, 6) is -1.34. The molecule has 1 aliphatic rings. The third-order valence-corrected chi connectivity index (χ3v) is 7.63. The van der Waals surface area contributed by atoms with Crippen LogP contribution in [0.15, 0.2) is 40.7 Å². The summed E-state index contributed by atoms with van der Waals surface area (Å²) in [5.41, 5.74) is 2.38. The molecule has 1 N–H and O–H groups in total. The molecule has 0 unspecified atom stereocenters. The van der Waals surface area contributed by atoms with Crippen molar-refractivity contribution < 1.29 is 30.7 Å². The summed E-state index contributed by atoms with van der Waals surface area (Å²) in [7, 11) is -4.29. The predicted octanol–water partition coefficient (Wildman–Crippen LogP) is 5.33. The lowest BCUT2D eigenvalue weighted by molar-refractivity contribution is -0.274. The van der Waals surface area contributed by atoms with Crippen molar-refractivity contribution in [3.63, 3.8) is 0 Å². The van der Waals surface area contributed by atoms with Crippen LogP contribution in [0.4, 0.5) is 28.4 Å². The number of halogens is 5. The average Bonchev–Trinajstić information content (AvgIpc) is 3.28. The second kappa shape index (κ2) is 8.54. The van der Waals surface area contributed by atoms with Crippen molar-refractivity contribution >= 4 is 43.8 Å². The van der Waals surface area contributed by atoms with Crippen LogP contribution in [0.2, 0.25) is 5.02 Å². The van der Waals surface area contributed by atoms with Gasteiger partial charge in [0.15, 0.2) is 0 Å². The number of nitrogens with one attached hydrogen (secondary N) is 1. The molecule has 182 valence electrons. The van der Waals surface area contributed by atoms with E-state index in [9.17, 15) is 26.0 Å². The highest BCUT2D eigenvalue weighted by molar-refractivity contribution is 7.93. The van der Waals surface area contributed by atoms with Gasteiger partial charge in [-0.05, 0) is 41.5 Å². The molecule has 0 atom stereocenters. The molecule has 0 radical (unpaired) electrons. The minimum atomic E-state index is -4.81. The van der Waals surface area contributed by atoms with E-state index in [0.717, 1.165) is 23.5 Å². The summed E-state index contributed by atoms with van der Waals surface area (Å²) >= 11 is 7.24. The molecule has 2 heterocycles. The number of fused-ring (bicyclic) bond motifs is 1. The molecule has 0 fully saturated rings. The number of hydrogen-bond acceptors (Lipinski definition) is 7. The first-order valence-corrected chi connectivity index (χ1v) is 12.4. The van der Waals surface area contributed by atoms with Gasteiger partial charge in [-0.3, -0.25) is 4.72 Å². The van der Waals surface area contributed by atoms with Crippen molar-refractivity contribution in [2.75, 3.05) is 16.2 Å². The van der Waals surface area contributed by atoms with Crippen LogP contribution in [0.1, 0.15) is 25.0 Å². The predicted molar refractivity (Wildman–Crippen MR) is 119 cm³/mol. The van der Waals surface area contributed by atoms with Crippen LogP contribution in [-0.2, 0) is 22.0 Å². The van der Waals surface area contributed by atoms with Gasteiger partial charge < -0.3 is 9.64 Å². The Morgan fingerprint density at radius 3 is 2.65 bits per heavy atom. The van der Waals surface area contributed by atoms with Crippen LogP contribution >= 0.6 is 22.9 Å². The van der Waals surface area contributed by atoms with Crippen molar-refractivity contribution in [3.8, 4) is 5.75 Å². The standard InChI is InChI=1S/C20H17ClF4N4O3S2/c1-19(2)9-29(16-4-3-12(6-13(16)19)32-20(23,24)25)8-11-5-15(22)17(7-14(11)21)34(30,31)28-18-27-26-10-33-18/h3-7,10H,8-9H2,1-2H3,(H,27,28). The van der Waals surface area contributed by atoms with E-state index in [-0.39, 0.29) is 22.4 Å². The molecule has 0 spiro atoms. The van der Waals surface area contributed by atoms with Crippen LogP contribution in [0.3, 0.4) is 0 Å². The number of nitrogens with zero attached hydrogens (tertiary/aromatic N) is 3. The van der Waals surface area contributed by atoms with Crippen LogP contribution in [0.5, 0.6) is 5.75 Å².